The van der Waals surface area contributed by atoms with Gasteiger partial charge in [0.05, 0.1) is 6.54 Å². The van der Waals surface area contributed by atoms with Crippen LogP contribution in [-0.2, 0) is 17.6 Å². The first kappa shape index (κ1) is 14.2. The van der Waals surface area contributed by atoms with E-state index >= 15 is 0 Å². The summed E-state index contributed by atoms with van der Waals surface area (Å²) < 4.78 is 0. The normalized spacial score (nSPS) is 27.5. The van der Waals surface area contributed by atoms with Crippen LogP contribution in [-0.4, -0.2) is 43.0 Å². The third-order valence-electron chi connectivity index (χ3n) is 5.49. The molecule has 1 aliphatic carbocycles. The van der Waals surface area contributed by atoms with Crippen molar-refractivity contribution in [3.05, 3.63) is 29.3 Å². The Labute approximate surface area is 132 Å². The lowest BCUT2D eigenvalue weighted by Crippen LogP contribution is -2.46. The summed E-state index contributed by atoms with van der Waals surface area (Å²) in [5, 5.41) is 6.65. The Bertz CT molecular complexity index is 571. The van der Waals surface area contributed by atoms with Crippen molar-refractivity contribution in [2.24, 2.45) is 5.92 Å². The number of likely N-dealkylation sites (tertiary alicyclic amines) is 1. The van der Waals surface area contributed by atoms with E-state index in [-0.39, 0.29) is 5.91 Å². The van der Waals surface area contributed by atoms with Gasteiger partial charge in [-0.15, -0.1) is 0 Å². The molecule has 2 aliphatic heterocycles. The van der Waals surface area contributed by atoms with Crippen molar-refractivity contribution < 1.29 is 4.79 Å². The molecule has 3 aliphatic rings. The highest BCUT2D eigenvalue weighted by molar-refractivity contribution is 5.92. The zero-order valence-electron chi connectivity index (χ0n) is 13.1. The number of anilines is 1. The molecule has 4 nitrogen and oxygen atoms in total. The van der Waals surface area contributed by atoms with Gasteiger partial charge in [0.1, 0.15) is 0 Å². The van der Waals surface area contributed by atoms with Crippen LogP contribution in [0, 0.1) is 5.92 Å². The molecule has 22 heavy (non-hydrogen) atoms. The summed E-state index contributed by atoms with van der Waals surface area (Å²) >= 11 is 0. The van der Waals surface area contributed by atoms with Crippen molar-refractivity contribution in [2.45, 2.75) is 38.1 Å². The summed E-state index contributed by atoms with van der Waals surface area (Å²) in [6.45, 7) is 3.77. The standard InChI is InChI=1S/C18H25N3O/c22-18(12-21-9-7-17-15(11-21)6-8-19-17)20-16-5-4-13-2-1-3-14(13)10-16/h4-5,10,15,17,19H,1-3,6-9,11-12H2,(H,20,22). The first-order valence-corrected chi connectivity index (χ1v) is 8.65. The number of hydrogen-bond donors (Lipinski definition) is 2. The van der Waals surface area contributed by atoms with Gasteiger partial charge in [0.2, 0.25) is 5.91 Å². The summed E-state index contributed by atoms with van der Waals surface area (Å²) in [5.74, 6) is 0.865. The average molecular weight is 299 g/mol. The van der Waals surface area contributed by atoms with Crippen molar-refractivity contribution in [2.75, 3.05) is 31.5 Å². The highest BCUT2D eigenvalue weighted by Crippen LogP contribution is 2.26. The smallest absolute Gasteiger partial charge is 0.238 e. The Morgan fingerprint density at radius 3 is 3.14 bits per heavy atom. The molecule has 2 unspecified atom stereocenters. The average Bonchev–Trinajstić information content (AvgIpc) is 3.14. The Morgan fingerprint density at radius 1 is 1.27 bits per heavy atom. The minimum absolute atomic E-state index is 0.127. The molecule has 1 aromatic carbocycles. The van der Waals surface area contributed by atoms with Gasteiger partial charge in [-0.05, 0) is 67.8 Å². The van der Waals surface area contributed by atoms with Crippen LogP contribution < -0.4 is 10.6 Å². The molecule has 0 spiro atoms. The van der Waals surface area contributed by atoms with Gasteiger partial charge in [-0.25, -0.2) is 0 Å². The molecule has 118 valence electrons. The first-order valence-electron chi connectivity index (χ1n) is 8.65. The van der Waals surface area contributed by atoms with Gasteiger partial charge >= 0.3 is 0 Å². The molecule has 0 saturated carbocycles. The van der Waals surface area contributed by atoms with Gasteiger partial charge in [-0.3, -0.25) is 9.69 Å². The van der Waals surface area contributed by atoms with Crippen LogP contribution in [0.15, 0.2) is 18.2 Å². The monoisotopic (exact) mass is 299 g/mol. The van der Waals surface area contributed by atoms with Gasteiger partial charge in [0.15, 0.2) is 0 Å². The molecule has 2 N–H and O–H groups in total. The van der Waals surface area contributed by atoms with E-state index in [4.69, 9.17) is 0 Å². The third kappa shape index (κ3) is 2.90. The zero-order valence-corrected chi connectivity index (χ0v) is 13.1. The van der Waals surface area contributed by atoms with Crippen molar-refractivity contribution in [3.63, 3.8) is 0 Å². The quantitative estimate of drug-likeness (QED) is 0.894. The number of benzene rings is 1. The number of fused-ring (bicyclic) bond motifs is 2. The molecule has 2 fully saturated rings. The molecule has 2 saturated heterocycles. The zero-order chi connectivity index (χ0) is 14.9. The molecule has 2 atom stereocenters. The van der Waals surface area contributed by atoms with Crippen molar-refractivity contribution in [3.8, 4) is 0 Å². The SMILES string of the molecule is O=C(CN1CCC2NCCC2C1)Nc1ccc2c(c1)CCC2. The van der Waals surface area contributed by atoms with Crippen LogP contribution in [0.4, 0.5) is 5.69 Å². The Balaban J connectivity index is 1.33. The predicted octanol–water partition coefficient (Wildman–Crippen LogP) is 1.80. The highest BCUT2D eigenvalue weighted by atomic mass is 16.2. The van der Waals surface area contributed by atoms with Gasteiger partial charge in [0, 0.05) is 24.8 Å². The van der Waals surface area contributed by atoms with Crippen LogP contribution >= 0.6 is 0 Å². The van der Waals surface area contributed by atoms with Crippen molar-refractivity contribution >= 4 is 11.6 Å². The number of amides is 1. The maximum atomic E-state index is 12.3. The van der Waals surface area contributed by atoms with Gasteiger partial charge in [-0.2, -0.15) is 0 Å². The molecule has 0 aromatic heterocycles. The molecule has 1 aromatic rings. The predicted molar refractivity (Wildman–Crippen MR) is 88.1 cm³/mol. The third-order valence-corrected chi connectivity index (χ3v) is 5.49. The van der Waals surface area contributed by atoms with Crippen LogP contribution in [0.2, 0.25) is 0 Å². The van der Waals surface area contributed by atoms with Gasteiger partial charge in [0.25, 0.3) is 0 Å². The summed E-state index contributed by atoms with van der Waals surface area (Å²) in [6, 6.07) is 7.08. The van der Waals surface area contributed by atoms with Crippen molar-refractivity contribution in [1.29, 1.82) is 0 Å². The topological polar surface area (TPSA) is 44.4 Å². The first-order chi connectivity index (χ1) is 10.8. The maximum absolute atomic E-state index is 12.3. The van der Waals surface area contributed by atoms with E-state index in [9.17, 15) is 4.79 Å². The molecular formula is C18H25N3O. The summed E-state index contributed by atoms with van der Waals surface area (Å²) in [5.41, 5.74) is 3.83. The van der Waals surface area contributed by atoms with E-state index in [0.29, 0.717) is 12.6 Å². The Morgan fingerprint density at radius 2 is 2.18 bits per heavy atom. The summed E-state index contributed by atoms with van der Waals surface area (Å²) in [4.78, 5) is 14.6. The van der Waals surface area contributed by atoms with E-state index in [1.165, 1.54) is 36.8 Å². The van der Waals surface area contributed by atoms with E-state index in [1.807, 2.05) is 0 Å². The van der Waals surface area contributed by atoms with E-state index in [0.717, 1.165) is 37.7 Å². The number of carbonyl (C=O) groups is 1. The fourth-order valence-corrected chi connectivity index (χ4v) is 4.32. The van der Waals surface area contributed by atoms with Crippen LogP contribution in [0.5, 0.6) is 0 Å². The summed E-state index contributed by atoms with van der Waals surface area (Å²) in [7, 11) is 0. The summed E-state index contributed by atoms with van der Waals surface area (Å²) in [6.07, 6.45) is 6.02. The molecule has 2 heterocycles. The second-order valence-corrected chi connectivity index (χ2v) is 7.02. The number of aryl methyl sites for hydroxylation is 2. The largest absolute Gasteiger partial charge is 0.325 e. The molecule has 4 rings (SSSR count). The molecular weight excluding hydrogens is 274 g/mol. The van der Waals surface area contributed by atoms with E-state index in [2.05, 4.69) is 33.7 Å². The minimum Gasteiger partial charge on any atom is -0.325 e. The number of carbonyl (C=O) groups excluding carboxylic acids is 1. The fraction of sp³-hybridized carbons (Fsp3) is 0.611. The lowest BCUT2D eigenvalue weighted by atomic mass is 9.93. The lowest BCUT2D eigenvalue weighted by Gasteiger charge is -2.34. The number of piperidine rings is 1. The molecule has 0 bridgehead atoms. The second-order valence-electron chi connectivity index (χ2n) is 7.02. The maximum Gasteiger partial charge on any atom is 0.238 e. The molecule has 0 radical (unpaired) electrons. The molecule has 4 heteroatoms. The number of hydrogen-bond acceptors (Lipinski definition) is 3. The lowest BCUT2D eigenvalue weighted by molar-refractivity contribution is -0.117. The van der Waals surface area contributed by atoms with Crippen LogP contribution in [0.1, 0.15) is 30.4 Å². The minimum atomic E-state index is 0.127. The van der Waals surface area contributed by atoms with E-state index < -0.39 is 0 Å². The van der Waals surface area contributed by atoms with E-state index in [1.54, 1.807) is 0 Å². The fourth-order valence-electron chi connectivity index (χ4n) is 4.32. The van der Waals surface area contributed by atoms with Crippen molar-refractivity contribution in [1.82, 2.24) is 10.2 Å². The number of nitrogens with zero attached hydrogens (tertiary/aromatic N) is 1. The van der Waals surface area contributed by atoms with Crippen LogP contribution in [0.25, 0.3) is 0 Å². The highest BCUT2D eigenvalue weighted by Gasteiger charge is 2.32. The number of nitrogens with one attached hydrogen (secondary N) is 2. The Hall–Kier alpha value is -1.39. The number of rotatable bonds is 3. The second kappa shape index (κ2) is 6.01. The molecule has 1 amide bonds. The van der Waals surface area contributed by atoms with Gasteiger partial charge < -0.3 is 10.6 Å². The van der Waals surface area contributed by atoms with Crippen LogP contribution in [0.3, 0.4) is 0 Å². The Kier molecular flexibility index (Phi) is 3.89. The van der Waals surface area contributed by atoms with Gasteiger partial charge in [-0.1, -0.05) is 6.07 Å².